The van der Waals surface area contributed by atoms with Gasteiger partial charge in [-0.15, -0.1) is 0 Å². The molecule has 112 valence electrons. The minimum Gasteiger partial charge on any atom is -0.344 e. The Bertz CT molecular complexity index is 621. The van der Waals surface area contributed by atoms with Gasteiger partial charge in [-0.1, -0.05) is 43.6 Å². The Morgan fingerprint density at radius 1 is 1.33 bits per heavy atom. The lowest BCUT2D eigenvalue weighted by Gasteiger charge is -2.14. The normalized spacial score (nSPS) is 12.4. The third-order valence-electron chi connectivity index (χ3n) is 3.21. The van der Waals surface area contributed by atoms with E-state index in [1.807, 2.05) is 31.2 Å². The summed E-state index contributed by atoms with van der Waals surface area (Å²) in [5.41, 5.74) is 2.27. The van der Waals surface area contributed by atoms with E-state index in [4.69, 9.17) is 11.6 Å². The molecule has 21 heavy (non-hydrogen) atoms. The fourth-order valence-corrected chi connectivity index (χ4v) is 2.50. The van der Waals surface area contributed by atoms with Gasteiger partial charge in [-0.25, -0.2) is 0 Å². The Labute approximate surface area is 129 Å². The Morgan fingerprint density at radius 2 is 2.05 bits per heavy atom. The molecule has 4 nitrogen and oxygen atoms in total. The minimum atomic E-state index is -0.200. The lowest BCUT2D eigenvalue weighted by Crippen LogP contribution is -2.27. The summed E-state index contributed by atoms with van der Waals surface area (Å²) in [6, 6.07) is 9.12. The van der Waals surface area contributed by atoms with Crippen LogP contribution >= 0.6 is 11.6 Å². The zero-order valence-electron chi connectivity index (χ0n) is 12.5. The number of nitrogens with one attached hydrogen (secondary N) is 2. The molecule has 0 aliphatic carbocycles. The number of aromatic amines is 1. The van der Waals surface area contributed by atoms with Crippen LogP contribution < -0.4 is 5.32 Å². The van der Waals surface area contributed by atoms with Crippen molar-refractivity contribution in [2.45, 2.75) is 33.2 Å². The first-order valence-electron chi connectivity index (χ1n) is 7.07. The number of rotatable bonds is 5. The summed E-state index contributed by atoms with van der Waals surface area (Å²) in [5.74, 6) is 0.317. The highest BCUT2D eigenvalue weighted by atomic mass is 35.5. The summed E-state index contributed by atoms with van der Waals surface area (Å²) in [7, 11) is 0. The molecule has 1 heterocycles. The van der Waals surface area contributed by atoms with Crippen LogP contribution in [-0.2, 0) is 6.42 Å². The van der Waals surface area contributed by atoms with Gasteiger partial charge >= 0.3 is 0 Å². The summed E-state index contributed by atoms with van der Waals surface area (Å²) < 4.78 is 0. The molecule has 0 aliphatic rings. The lowest BCUT2D eigenvalue weighted by atomic mass is 10.1. The van der Waals surface area contributed by atoms with Crippen molar-refractivity contribution in [3.05, 3.63) is 52.3 Å². The van der Waals surface area contributed by atoms with E-state index in [9.17, 15) is 4.79 Å². The Kier molecular flexibility index (Phi) is 5.02. The molecule has 0 radical (unpaired) electrons. The van der Waals surface area contributed by atoms with Crippen molar-refractivity contribution in [1.29, 1.82) is 0 Å². The molecule has 0 fully saturated rings. The van der Waals surface area contributed by atoms with Gasteiger partial charge in [0.25, 0.3) is 5.91 Å². The zero-order chi connectivity index (χ0) is 15.4. The van der Waals surface area contributed by atoms with Crippen molar-refractivity contribution >= 4 is 17.5 Å². The molecule has 0 bridgehead atoms. The predicted octanol–water partition coefficient (Wildman–Crippen LogP) is 3.75. The number of carbonyl (C=O) groups excluding carboxylic acids is 1. The average molecular weight is 306 g/mol. The monoisotopic (exact) mass is 305 g/mol. The molecule has 0 saturated carbocycles. The van der Waals surface area contributed by atoms with E-state index >= 15 is 0 Å². The maximum absolute atomic E-state index is 12.2. The van der Waals surface area contributed by atoms with Crippen molar-refractivity contribution in [2.24, 2.45) is 5.92 Å². The van der Waals surface area contributed by atoms with Gasteiger partial charge in [0, 0.05) is 10.7 Å². The van der Waals surface area contributed by atoms with Crippen molar-refractivity contribution in [1.82, 2.24) is 15.5 Å². The first kappa shape index (κ1) is 15.6. The van der Waals surface area contributed by atoms with E-state index in [0.29, 0.717) is 16.6 Å². The van der Waals surface area contributed by atoms with Gasteiger partial charge < -0.3 is 5.32 Å². The number of benzene rings is 1. The maximum atomic E-state index is 12.2. The van der Waals surface area contributed by atoms with Crippen LogP contribution in [0, 0.1) is 5.92 Å². The SMILES string of the molecule is CC(C)Cc1cc(C(=O)NC(C)c2ccccc2Cl)n[nH]1. The van der Waals surface area contributed by atoms with Crippen LogP contribution in [0.4, 0.5) is 0 Å². The van der Waals surface area contributed by atoms with Gasteiger partial charge in [0.2, 0.25) is 0 Å². The Hall–Kier alpha value is -1.81. The fourth-order valence-electron chi connectivity index (χ4n) is 2.20. The molecule has 1 aromatic carbocycles. The number of H-pyrrole nitrogens is 1. The van der Waals surface area contributed by atoms with Crippen molar-refractivity contribution in [3.63, 3.8) is 0 Å². The molecule has 2 rings (SSSR count). The second-order valence-electron chi connectivity index (χ2n) is 5.59. The smallest absolute Gasteiger partial charge is 0.272 e. The number of amides is 1. The second-order valence-corrected chi connectivity index (χ2v) is 6.00. The van der Waals surface area contributed by atoms with Crippen LogP contribution in [0.25, 0.3) is 0 Å². The van der Waals surface area contributed by atoms with E-state index < -0.39 is 0 Å². The van der Waals surface area contributed by atoms with Crippen LogP contribution in [-0.4, -0.2) is 16.1 Å². The Morgan fingerprint density at radius 3 is 2.71 bits per heavy atom. The fraction of sp³-hybridized carbons (Fsp3) is 0.375. The number of halogens is 1. The van der Waals surface area contributed by atoms with Gasteiger partial charge in [-0.2, -0.15) is 5.10 Å². The van der Waals surface area contributed by atoms with Crippen molar-refractivity contribution in [2.75, 3.05) is 0 Å². The molecule has 5 heteroatoms. The van der Waals surface area contributed by atoms with Crippen LogP contribution in [0.3, 0.4) is 0 Å². The number of carbonyl (C=O) groups is 1. The molecule has 0 spiro atoms. The molecule has 1 aromatic heterocycles. The summed E-state index contributed by atoms with van der Waals surface area (Å²) in [4.78, 5) is 12.2. The standard InChI is InChI=1S/C16H20ClN3O/c1-10(2)8-12-9-15(20-19-12)16(21)18-11(3)13-6-4-5-7-14(13)17/h4-7,9-11H,8H2,1-3H3,(H,18,21)(H,19,20). The molecule has 1 unspecified atom stereocenters. The van der Waals surface area contributed by atoms with Gasteiger partial charge in [0.05, 0.1) is 6.04 Å². The maximum Gasteiger partial charge on any atom is 0.272 e. The second kappa shape index (κ2) is 6.76. The van der Waals surface area contributed by atoms with Crippen LogP contribution in [0.5, 0.6) is 0 Å². The molecular formula is C16H20ClN3O. The molecule has 2 N–H and O–H groups in total. The average Bonchev–Trinajstić information content (AvgIpc) is 2.86. The van der Waals surface area contributed by atoms with Gasteiger partial charge in [0.1, 0.15) is 5.69 Å². The quantitative estimate of drug-likeness (QED) is 0.884. The third-order valence-corrected chi connectivity index (χ3v) is 3.56. The molecule has 0 saturated heterocycles. The minimum absolute atomic E-state index is 0.170. The summed E-state index contributed by atoms with van der Waals surface area (Å²) in [5, 5.41) is 10.5. The van der Waals surface area contributed by atoms with Gasteiger partial charge in [-0.05, 0) is 37.0 Å². The van der Waals surface area contributed by atoms with Gasteiger partial charge in [-0.3, -0.25) is 9.89 Å². The topological polar surface area (TPSA) is 57.8 Å². The third kappa shape index (κ3) is 4.08. The summed E-state index contributed by atoms with van der Waals surface area (Å²) >= 11 is 6.14. The highest BCUT2D eigenvalue weighted by Crippen LogP contribution is 2.22. The predicted molar refractivity (Wildman–Crippen MR) is 84.5 cm³/mol. The highest BCUT2D eigenvalue weighted by Gasteiger charge is 2.16. The van der Waals surface area contributed by atoms with Crippen molar-refractivity contribution < 1.29 is 4.79 Å². The number of hydrogen-bond acceptors (Lipinski definition) is 2. The van der Waals surface area contributed by atoms with E-state index in [1.54, 1.807) is 6.07 Å². The molecule has 1 amide bonds. The highest BCUT2D eigenvalue weighted by molar-refractivity contribution is 6.31. The molecule has 0 aliphatic heterocycles. The lowest BCUT2D eigenvalue weighted by molar-refractivity contribution is 0.0935. The van der Waals surface area contributed by atoms with Crippen LogP contribution in [0.1, 0.15) is 48.6 Å². The van der Waals surface area contributed by atoms with Crippen molar-refractivity contribution in [3.8, 4) is 0 Å². The number of aromatic nitrogens is 2. The van der Waals surface area contributed by atoms with Gasteiger partial charge in [0.15, 0.2) is 0 Å². The molecular weight excluding hydrogens is 286 g/mol. The van der Waals surface area contributed by atoms with Crippen LogP contribution in [0.15, 0.2) is 30.3 Å². The first-order valence-corrected chi connectivity index (χ1v) is 7.44. The number of hydrogen-bond donors (Lipinski definition) is 2. The molecule has 1 atom stereocenters. The van der Waals surface area contributed by atoms with E-state index in [-0.39, 0.29) is 11.9 Å². The summed E-state index contributed by atoms with van der Waals surface area (Å²) in [6.07, 6.45) is 0.875. The van der Waals surface area contributed by atoms with E-state index in [0.717, 1.165) is 17.7 Å². The summed E-state index contributed by atoms with van der Waals surface area (Å²) in [6.45, 7) is 6.15. The first-order chi connectivity index (χ1) is 9.97. The number of nitrogens with zero attached hydrogens (tertiary/aromatic N) is 1. The largest absolute Gasteiger partial charge is 0.344 e. The Balaban J connectivity index is 2.04. The van der Waals surface area contributed by atoms with E-state index in [1.165, 1.54) is 0 Å². The zero-order valence-corrected chi connectivity index (χ0v) is 13.2. The molecule has 2 aromatic rings. The van der Waals surface area contributed by atoms with E-state index in [2.05, 4.69) is 29.4 Å². The van der Waals surface area contributed by atoms with Crippen LogP contribution in [0.2, 0.25) is 5.02 Å².